The minimum atomic E-state index is -1.21. The number of hydrogen-bond donors (Lipinski definition) is 2. The topological polar surface area (TPSA) is 111 Å². The zero-order valence-electron chi connectivity index (χ0n) is 13.2. The number of carbonyl (C=O) groups is 3. The molecule has 1 aromatic heterocycles. The molecule has 0 saturated carbocycles. The van der Waals surface area contributed by atoms with Crippen molar-refractivity contribution in [2.75, 3.05) is 0 Å². The summed E-state index contributed by atoms with van der Waals surface area (Å²) >= 11 is 1.44. The third kappa shape index (κ3) is 7.35. The van der Waals surface area contributed by atoms with Gasteiger partial charge in [0.25, 0.3) is 0 Å². The molecule has 1 aromatic rings. The molecule has 22 heavy (non-hydrogen) atoms. The smallest absolute Gasteiger partial charge is 0.550 e. The van der Waals surface area contributed by atoms with Gasteiger partial charge in [-0.25, -0.2) is 4.98 Å². The van der Waals surface area contributed by atoms with Crippen LogP contribution in [0.3, 0.4) is 0 Å². The first-order valence-electron chi connectivity index (χ1n) is 6.41. The van der Waals surface area contributed by atoms with Gasteiger partial charge in [0, 0.05) is 23.2 Å². The maximum atomic E-state index is 11.6. The number of hydrogen-bond acceptors (Lipinski definition) is 6. The normalized spacial score (nSPS) is 10.5. The molecule has 0 aromatic carbocycles. The zero-order chi connectivity index (χ0) is 16.0. The molecular weight excluding hydrogens is 317 g/mol. The fourth-order valence-corrected chi connectivity index (χ4v) is 2.04. The molecule has 116 valence electrons. The van der Waals surface area contributed by atoms with Crippen molar-refractivity contribution in [1.29, 1.82) is 0 Å². The maximum absolute atomic E-state index is 11.6. The van der Waals surface area contributed by atoms with E-state index >= 15 is 0 Å². The Kier molecular flexibility index (Phi) is 8.84. The van der Waals surface area contributed by atoms with Crippen LogP contribution in [-0.2, 0) is 20.8 Å². The van der Waals surface area contributed by atoms with Crippen molar-refractivity contribution in [3.8, 4) is 0 Å². The third-order valence-corrected chi connectivity index (χ3v) is 3.70. The van der Waals surface area contributed by atoms with E-state index in [1.807, 2.05) is 6.92 Å². The van der Waals surface area contributed by atoms with Crippen LogP contribution in [0.25, 0.3) is 0 Å². The summed E-state index contributed by atoms with van der Waals surface area (Å²) in [6, 6.07) is 0. The third-order valence-electron chi connectivity index (χ3n) is 2.88. The van der Waals surface area contributed by atoms with Gasteiger partial charge in [0.1, 0.15) is 0 Å². The zero-order valence-corrected chi connectivity index (χ0v) is 16.0. The minimum absolute atomic E-state index is 0. The molecule has 0 spiro atoms. The van der Waals surface area contributed by atoms with Crippen LogP contribution in [0.5, 0.6) is 0 Å². The van der Waals surface area contributed by atoms with Gasteiger partial charge in [0.05, 0.1) is 17.1 Å². The summed E-state index contributed by atoms with van der Waals surface area (Å²) in [6.07, 6.45) is 0.189. The van der Waals surface area contributed by atoms with Crippen molar-refractivity contribution in [2.24, 2.45) is 5.41 Å². The molecule has 0 unspecified atom stereocenters. The Bertz CT molecular complexity index is 545. The number of aryl methyl sites for hydroxylation is 1. The quantitative estimate of drug-likeness (QED) is 0.418. The second-order valence-corrected chi connectivity index (χ2v) is 6.36. The molecule has 7 nitrogen and oxygen atoms in total. The fraction of sp³-hybridized carbons (Fsp3) is 0.538. The molecule has 0 saturated heterocycles. The van der Waals surface area contributed by atoms with E-state index in [-0.39, 0.29) is 54.7 Å². The average Bonchev–Trinajstić information content (AvgIpc) is 2.79. The van der Waals surface area contributed by atoms with Gasteiger partial charge in [0.2, 0.25) is 11.8 Å². The van der Waals surface area contributed by atoms with E-state index in [1.165, 1.54) is 25.2 Å². The van der Waals surface area contributed by atoms with E-state index < -0.39 is 17.3 Å². The number of thiazole rings is 1. The van der Waals surface area contributed by atoms with Crippen LogP contribution in [0.15, 0.2) is 5.38 Å². The van der Waals surface area contributed by atoms with Crippen molar-refractivity contribution in [1.82, 2.24) is 15.8 Å². The van der Waals surface area contributed by atoms with E-state index in [0.29, 0.717) is 5.69 Å². The van der Waals surface area contributed by atoms with Crippen LogP contribution in [0.1, 0.15) is 37.4 Å². The van der Waals surface area contributed by atoms with Crippen molar-refractivity contribution in [3.63, 3.8) is 0 Å². The standard InChI is InChI=1S/C13H19N3O4S.Na/c1-8-14-9(7-21-8)6-11(18)16-15-10(17)4-5-13(2,3)12(19)20;/h7H,4-6H2,1-3H3,(H,15,17)(H,16,18)(H,19,20);/q;+1/p-1. The van der Waals surface area contributed by atoms with E-state index in [0.717, 1.165) is 5.01 Å². The van der Waals surface area contributed by atoms with Crippen molar-refractivity contribution in [2.45, 2.75) is 40.0 Å². The molecule has 0 bridgehead atoms. The second kappa shape index (κ2) is 9.24. The number of nitrogens with one attached hydrogen (secondary N) is 2. The number of hydrazine groups is 1. The molecule has 2 N–H and O–H groups in total. The van der Waals surface area contributed by atoms with Gasteiger partial charge in [-0.1, -0.05) is 13.8 Å². The number of amides is 2. The Morgan fingerprint density at radius 1 is 1.27 bits per heavy atom. The van der Waals surface area contributed by atoms with E-state index in [1.54, 1.807) is 5.38 Å². The van der Waals surface area contributed by atoms with Gasteiger partial charge in [0.15, 0.2) is 0 Å². The summed E-state index contributed by atoms with van der Waals surface area (Å²) in [5.41, 5.74) is 4.07. The Labute approximate surface area is 155 Å². The van der Waals surface area contributed by atoms with E-state index in [4.69, 9.17) is 0 Å². The van der Waals surface area contributed by atoms with Crippen LogP contribution in [0, 0.1) is 12.3 Å². The van der Waals surface area contributed by atoms with Gasteiger partial charge < -0.3 is 9.90 Å². The molecular formula is C13H18N3NaO4S. The summed E-state index contributed by atoms with van der Waals surface area (Å²) < 4.78 is 0. The largest absolute Gasteiger partial charge is 1.00 e. The number of aromatic nitrogens is 1. The van der Waals surface area contributed by atoms with Crippen molar-refractivity contribution < 1.29 is 49.0 Å². The first kappa shape index (κ1) is 21.0. The predicted molar refractivity (Wildman–Crippen MR) is 74.9 cm³/mol. The van der Waals surface area contributed by atoms with E-state index in [2.05, 4.69) is 15.8 Å². The summed E-state index contributed by atoms with van der Waals surface area (Å²) in [6.45, 7) is 4.81. The van der Waals surface area contributed by atoms with Gasteiger partial charge in [-0.2, -0.15) is 0 Å². The minimum Gasteiger partial charge on any atom is -0.550 e. The van der Waals surface area contributed by atoms with Crippen molar-refractivity contribution >= 4 is 29.1 Å². The molecule has 1 rings (SSSR count). The van der Waals surface area contributed by atoms with Crippen LogP contribution in [-0.4, -0.2) is 22.8 Å². The first-order chi connectivity index (χ1) is 9.70. The number of aliphatic carboxylic acids is 1. The first-order valence-corrected chi connectivity index (χ1v) is 7.29. The molecule has 0 atom stereocenters. The molecule has 9 heteroatoms. The molecule has 0 fully saturated rings. The Hall–Kier alpha value is -0.960. The van der Waals surface area contributed by atoms with Gasteiger partial charge in [-0.3, -0.25) is 20.4 Å². The molecule has 0 aliphatic carbocycles. The second-order valence-electron chi connectivity index (χ2n) is 5.30. The number of carboxylic acid groups (broad SMARTS) is 1. The Balaban J connectivity index is 0.00000441. The molecule has 0 aliphatic rings. The number of rotatable bonds is 6. The summed E-state index contributed by atoms with van der Waals surface area (Å²) in [5, 5.41) is 13.4. The van der Waals surface area contributed by atoms with Gasteiger partial charge in [-0.15, -0.1) is 11.3 Å². The maximum Gasteiger partial charge on any atom is 1.00 e. The fourth-order valence-electron chi connectivity index (χ4n) is 1.43. The monoisotopic (exact) mass is 335 g/mol. The van der Waals surface area contributed by atoms with Crippen LogP contribution >= 0.6 is 11.3 Å². The van der Waals surface area contributed by atoms with Gasteiger partial charge >= 0.3 is 29.6 Å². The summed E-state index contributed by atoms with van der Waals surface area (Å²) in [7, 11) is 0. The van der Waals surface area contributed by atoms with E-state index in [9.17, 15) is 19.5 Å². The molecule has 2 amide bonds. The van der Waals surface area contributed by atoms with Gasteiger partial charge in [-0.05, 0) is 13.3 Å². The van der Waals surface area contributed by atoms with Crippen LogP contribution in [0.4, 0.5) is 0 Å². The number of nitrogens with zero attached hydrogens (tertiary/aromatic N) is 1. The molecule has 1 heterocycles. The summed E-state index contributed by atoms with van der Waals surface area (Å²) in [4.78, 5) is 38.0. The van der Waals surface area contributed by atoms with Crippen LogP contribution < -0.4 is 45.5 Å². The average molecular weight is 335 g/mol. The SMILES string of the molecule is Cc1nc(CC(=O)NNC(=O)CCC(C)(C)C(=O)[O-])cs1.[Na+]. The summed E-state index contributed by atoms with van der Waals surface area (Å²) in [5.74, 6) is -2.04. The number of carbonyl (C=O) groups excluding carboxylic acids is 3. The van der Waals surface area contributed by atoms with Crippen molar-refractivity contribution in [3.05, 3.63) is 16.1 Å². The van der Waals surface area contributed by atoms with Crippen LogP contribution in [0.2, 0.25) is 0 Å². The number of carboxylic acids is 1. The molecule has 0 radical (unpaired) electrons. The molecule has 0 aliphatic heterocycles. The Morgan fingerprint density at radius 2 is 1.86 bits per heavy atom. The Morgan fingerprint density at radius 3 is 2.36 bits per heavy atom. The predicted octanol–water partition coefficient (Wildman–Crippen LogP) is -3.30.